The Kier molecular flexibility index (Phi) is 6.46. The monoisotopic (exact) mass is 284 g/mol. The van der Waals surface area contributed by atoms with Crippen LogP contribution in [0.3, 0.4) is 0 Å². The fourth-order valence-electron chi connectivity index (χ4n) is 2.73. The Balaban J connectivity index is 2.24. The second-order valence-corrected chi connectivity index (χ2v) is 7.39. The number of rotatable bonds is 7. The quantitative estimate of drug-likeness (QED) is 0.671. The van der Waals surface area contributed by atoms with Crippen molar-refractivity contribution in [2.24, 2.45) is 17.1 Å². The maximum Gasteiger partial charge on any atom is 0.220 e. The van der Waals surface area contributed by atoms with Crippen LogP contribution in [0, 0.1) is 11.3 Å². The lowest BCUT2D eigenvalue weighted by Crippen LogP contribution is -2.46. The van der Waals surface area contributed by atoms with Gasteiger partial charge >= 0.3 is 0 Å². The highest BCUT2D eigenvalue weighted by Gasteiger charge is 2.36. The highest BCUT2D eigenvalue weighted by Crippen LogP contribution is 2.39. The van der Waals surface area contributed by atoms with Crippen molar-refractivity contribution in [1.82, 2.24) is 5.32 Å². The molecule has 1 aliphatic carbocycles. The first-order valence-electron chi connectivity index (χ1n) is 7.95. The van der Waals surface area contributed by atoms with Crippen LogP contribution in [-0.4, -0.2) is 29.7 Å². The lowest BCUT2D eigenvalue weighted by Gasteiger charge is -2.40. The van der Waals surface area contributed by atoms with Crippen LogP contribution in [0.2, 0.25) is 0 Å². The number of nitrogens with two attached hydrogens (primary N) is 1. The molecule has 1 fully saturated rings. The Morgan fingerprint density at radius 3 is 2.40 bits per heavy atom. The van der Waals surface area contributed by atoms with Gasteiger partial charge in [-0.3, -0.25) is 4.79 Å². The van der Waals surface area contributed by atoms with Crippen molar-refractivity contribution < 1.29 is 9.90 Å². The van der Waals surface area contributed by atoms with Gasteiger partial charge in [0.05, 0.1) is 5.60 Å². The van der Waals surface area contributed by atoms with Gasteiger partial charge < -0.3 is 16.2 Å². The molecule has 118 valence electrons. The molecular formula is C16H32N2O2. The maximum atomic E-state index is 11.8. The van der Waals surface area contributed by atoms with E-state index in [4.69, 9.17) is 5.73 Å². The predicted octanol–water partition coefficient (Wildman–Crippen LogP) is 2.20. The molecule has 0 aliphatic heterocycles. The molecule has 4 heteroatoms. The van der Waals surface area contributed by atoms with E-state index in [2.05, 4.69) is 26.1 Å². The van der Waals surface area contributed by atoms with Crippen molar-refractivity contribution in [3.05, 3.63) is 0 Å². The first-order chi connectivity index (χ1) is 9.26. The lowest BCUT2D eigenvalue weighted by molar-refractivity contribution is -0.123. The molecule has 1 aliphatic rings. The van der Waals surface area contributed by atoms with E-state index in [1.54, 1.807) is 0 Å². The Morgan fingerprint density at radius 2 is 1.85 bits per heavy atom. The number of amides is 1. The molecular weight excluding hydrogens is 252 g/mol. The summed E-state index contributed by atoms with van der Waals surface area (Å²) in [6.07, 6.45) is 5.97. The molecule has 0 heterocycles. The zero-order valence-corrected chi connectivity index (χ0v) is 13.4. The zero-order valence-electron chi connectivity index (χ0n) is 13.4. The molecule has 1 atom stereocenters. The van der Waals surface area contributed by atoms with Crippen LogP contribution in [0.25, 0.3) is 0 Å². The summed E-state index contributed by atoms with van der Waals surface area (Å²) >= 11 is 0. The summed E-state index contributed by atoms with van der Waals surface area (Å²) in [5, 5.41) is 13.4. The molecule has 20 heavy (non-hydrogen) atoms. The molecule has 0 bridgehead atoms. The molecule has 4 nitrogen and oxygen atoms in total. The van der Waals surface area contributed by atoms with Gasteiger partial charge in [-0.2, -0.15) is 0 Å². The molecule has 0 radical (unpaired) electrons. The lowest BCUT2D eigenvalue weighted by atomic mass is 9.71. The minimum atomic E-state index is -0.700. The van der Waals surface area contributed by atoms with Crippen LogP contribution in [-0.2, 0) is 4.79 Å². The van der Waals surface area contributed by atoms with E-state index in [1.807, 2.05) is 0 Å². The Hall–Kier alpha value is -0.610. The van der Waals surface area contributed by atoms with Gasteiger partial charge in [0.1, 0.15) is 0 Å². The average molecular weight is 284 g/mol. The molecule has 4 N–H and O–H groups in total. The minimum Gasteiger partial charge on any atom is -0.388 e. The van der Waals surface area contributed by atoms with Gasteiger partial charge in [-0.1, -0.05) is 20.8 Å². The van der Waals surface area contributed by atoms with E-state index in [9.17, 15) is 9.90 Å². The molecule has 1 unspecified atom stereocenters. The number of carbonyl (C=O) groups is 1. The summed E-state index contributed by atoms with van der Waals surface area (Å²) in [7, 11) is 0. The van der Waals surface area contributed by atoms with Gasteiger partial charge in [0, 0.05) is 13.0 Å². The molecule has 1 rings (SSSR count). The number of nitrogens with one attached hydrogen (secondary N) is 1. The third-order valence-corrected chi connectivity index (χ3v) is 4.67. The maximum absolute atomic E-state index is 11.8. The topological polar surface area (TPSA) is 75.4 Å². The van der Waals surface area contributed by atoms with Crippen molar-refractivity contribution in [2.45, 2.75) is 71.3 Å². The zero-order chi connectivity index (χ0) is 15.2. The van der Waals surface area contributed by atoms with Gasteiger partial charge in [0.25, 0.3) is 0 Å². The molecule has 1 saturated carbocycles. The molecule has 0 aromatic heterocycles. The summed E-state index contributed by atoms with van der Waals surface area (Å²) in [5.74, 6) is 0.538. The Bertz CT molecular complexity index is 306. The molecule has 1 amide bonds. The summed E-state index contributed by atoms with van der Waals surface area (Å²) in [6.45, 7) is 7.68. The largest absolute Gasteiger partial charge is 0.388 e. The number of aliphatic hydroxyl groups is 1. The van der Waals surface area contributed by atoms with Gasteiger partial charge in [0.2, 0.25) is 5.91 Å². The van der Waals surface area contributed by atoms with Crippen molar-refractivity contribution in [2.75, 3.05) is 13.1 Å². The summed E-state index contributed by atoms with van der Waals surface area (Å²) in [5.41, 5.74) is 5.12. The van der Waals surface area contributed by atoms with E-state index >= 15 is 0 Å². The van der Waals surface area contributed by atoms with Crippen LogP contribution in [0.1, 0.15) is 65.7 Å². The SMILES string of the molecule is CC(CCN)CCC(=O)NCC1(O)CCC(C)(C)CC1. The standard InChI is InChI=1S/C16H32N2O2/c1-13(6-11-17)4-5-14(19)18-12-16(20)9-7-15(2,3)8-10-16/h13,20H,4-12,17H2,1-3H3,(H,18,19). The van der Waals surface area contributed by atoms with Crippen molar-refractivity contribution in [1.29, 1.82) is 0 Å². The normalized spacial score (nSPS) is 22.2. The van der Waals surface area contributed by atoms with Crippen LogP contribution in [0.15, 0.2) is 0 Å². The average Bonchev–Trinajstić information content (AvgIpc) is 2.39. The smallest absolute Gasteiger partial charge is 0.220 e. The van der Waals surface area contributed by atoms with Crippen molar-refractivity contribution >= 4 is 5.91 Å². The summed E-state index contributed by atoms with van der Waals surface area (Å²) < 4.78 is 0. The third kappa shape index (κ3) is 6.23. The number of carbonyl (C=O) groups excluding carboxylic acids is 1. The highest BCUT2D eigenvalue weighted by atomic mass is 16.3. The van der Waals surface area contributed by atoms with Crippen LogP contribution in [0.5, 0.6) is 0 Å². The van der Waals surface area contributed by atoms with Crippen molar-refractivity contribution in [3.63, 3.8) is 0 Å². The van der Waals surface area contributed by atoms with E-state index < -0.39 is 5.60 Å². The van der Waals surface area contributed by atoms with Crippen LogP contribution >= 0.6 is 0 Å². The molecule has 0 aromatic carbocycles. The van der Waals surface area contributed by atoms with Gasteiger partial charge in [-0.15, -0.1) is 0 Å². The van der Waals surface area contributed by atoms with Gasteiger partial charge in [-0.25, -0.2) is 0 Å². The van der Waals surface area contributed by atoms with Gasteiger partial charge in [0.15, 0.2) is 0 Å². The Labute approximate surface area is 123 Å². The fourth-order valence-corrected chi connectivity index (χ4v) is 2.73. The summed E-state index contributed by atoms with van der Waals surface area (Å²) in [6, 6.07) is 0. The van der Waals surface area contributed by atoms with Crippen LogP contribution in [0.4, 0.5) is 0 Å². The fraction of sp³-hybridized carbons (Fsp3) is 0.938. The molecule has 0 aromatic rings. The van der Waals surface area contributed by atoms with E-state index in [0.29, 0.717) is 30.8 Å². The van der Waals surface area contributed by atoms with E-state index in [-0.39, 0.29) is 5.91 Å². The minimum absolute atomic E-state index is 0.0483. The Morgan fingerprint density at radius 1 is 1.25 bits per heavy atom. The second-order valence-electron chi connectivity index (χ2n) is 7.39. The second kappa shape index (κ2) is 7.41. The first-order valence-corrected chi connectivity index (χ1v) is 7.95. The predicted molar refractivity (Wildman–Crippen MR) is 82.3 cm³/mol. The number of hydrogen-bond acceptors (Lipinski definition) is 3. The number of hydrogen-bond donors (Lipinski definition) is 3. The van der Waals surface area contributed by atoms with Crippen LogP contribution < -0.4 is 11.1 Å². The highest BCUT2D eigenvalue weighted by molar-refractivity contribution is 5.75. The first kappa shape index (κ1) is 17.4. The molecule has 0 spiro atoms. The summed E-state index contributed by atoms with van der Waals surface area (Å²) in [4.78, 5) is 11.8. The molecule has 0 saturated heterocycles. The van der Waals surface area contributed by atoms with Gasteiger partial charge in [-0.05, 0) is 56.4 Å². The van der Waals surface area contributed by atoms with E-state index in [0.717, 1.165) is 38.5 Å². The van der Waals surface area contributed by atoms with E-state index in [1.165, 1.54) is 0 Å². The third-order valence-electron chi connectivity index (χ3n) is 4.67. The van der Waals surface area contributed by atoms with Crippen molar-refractivity contribution in [3.8, 4) is 0 Å².